The molecule has 0 heterocycles. The van der Waals surface area contributed by atoms with Gasteiger partial charge in [-0.3, -0.25) is 9.59 Å². The van der Waals surface area contributed by atoms with Gasteiger partial charge in [0.1, 0.15) is 0 Å². The van der Waals surface area contributed by atoms with Crippen LogP contribution >= 0.6 is 0 Å². The molecule has 3 atom stereocenters. The van der Waals surface area contributed by atoms with Crippen LogP contribution in [0.4, 0.5) is 0 Å². The standard InChI is InChI=1S/C13H23NO3/c1-4-9-5-10(11(6-9)13(16)17)12(15)14-7-8(2)3/h8-11H,4-7H2,1-3H3,(H,14,15)(H,16,17). The van der Waals surface area contributed by atoms with Crippen molar-refractivity contribution in [2.75, 3.05) is 6.54 Å². The number of hydrogen-bond donors (Lipinski definition) is 2. The fourth-order valence-corrected chi connectivity index (χ4v) is 2.47. The smallest absolute Gasteiger partial charge is 0.307 e. The normalized spacial score (nSPS) is 28.4. The summed E-state index contributed by atoms with van der Waals surface area (Å²) in [6.45, 7) is 6.73. The first-order valence-electron chi connectivity index (χ1n) is 6.46. The predicted octanol–water partition coefficient (Wildman–Crippen LogP) is 1.90. The second kappa shape index (κ2) is 6.03. The van der Waals surface area contributed by atoms with E-state index in [0.717, 1.165) is 12.8 Å². The second-order valence-electron chi connectivity index (χ2n) is 5.44. The summed E-state index contributed by atoms with van der Waals surface area (Å²) >= 11 is 0. The number of carbonyl (C=O) groups is 2. The Morgan fingerprint density at radius 3 is 2.35 bits per heavy atom. The van der Waals surface area contributed by atoms with Crippen molar-refractivity contribution in [1.82, 2.24) is 5.32 Å². The van der Waals surface area contributed by atoms with Crippen LogP contribution in [0, 0.1) is 23.7 Å². The highest BCUT2D eigenvalue weighted by Crippen LogP contribution is 2.38. The molecule has 0 radical (unpaired) electrons. The lowest BCUT2D eigenvalue weighted by Gasteiger charge is -2.16. The fourth-order valence-electron chi connectivity index (χ4n) is 2.47. The molecule has 1 saturated carbocycles. The van der Waals surface area contributed by atoms with Crippen LogP contribution in [0.15, 0.2) is 0 Å². The molecule has 0 saturated heterocycles. The van der Waals surface area contributed by atoms with Crippen LogP contribution in [-0.2, 0) is 9.59 Å². The van der Waals surface area contributed by atoms with E-state index in [9.17, 15) is 9.59 Å². The lowest BCUT2D eigenvalue weighted by molar-refractivity contribution is -0.146. The minimum atomic E-state index is -0.828. The van der Waals surface area contributed by atoms with Crippen molar-refractivity contribution in [1.29, 1.82) is 0 Å². The third kappa shape index (κ3) is 3.72. The van der Waals surface area contributed by atoms with E-state index in [-0.39, 0.29) is 11.8 Å². The monoisotopic (exact) mass is 241 g/mol. The molecule has 4 nitrogen and oxygen atoms in total. The topological polar surface area (TPSA) is 66.4 Å². The zero-order chi connectivity index (χ0) is 13.0. The molecule has 0 aromatic rings. The van der Waals surface area contributed by atoms with Gasteiger partial charge in [0.05, 0.1) is 11.8 Å². The highest BCUT2D eigenvalue weighted by Gasteiger charge is 2.41. The molecule has 0 spiro atoms. The maximum atomic E-state index is 12.0. The summed E-state index contributed by atoms with van der Waals surface area (Å²) in [4.78, 5) is 23.1. The first kappa shape index (κ1) is 14.0. The number of nitrogens with one attached hydrogen (secondary N) is 1. The SMILES string of the molecule is CCC1CC(C(=O)O)C(C(=O)NCC(C)C)C1. The first-order chi connectivity index (χ1) is 7.95. The van der Waals surface area contributed by atoms with Crippen molar-refractivity contribution in [2.45, 2.75) is 40.0 Å². The summed E-state index contributed by atoms with van der Waals surface area (Å²) in [5, 5.41) is 12.0. The van der Waals surface area contributed by atoms with Crippen LogP contribution < -0.4 is 5.32 Å². The van der Waals surface area contributed by atoms with E-state index < -0.39 is 11.9 Å². The van der Waals surface area contributed by atoms with Gasteiger partial charge in [0.15, 0.2) is 0 Å². The average molecular weight is 241 g/mol. The summed E-state index contributed by atoms with van der Waals surface area (Å²) < 4.78 is 0. The Balaban J connectivity index is 2.60. The summed E-state index contributed by atoms with van der Waals surface area (Å²) in [6, 6.07) is 0. The van der Waals surface area contributed by atoms with Gasteiger partial charge in [-0.05, 0) is 24.7 Å². The molecule has 3 unspecified atom stereocenters. The Labute approximate surface area is 103 Å². The number of carboxylic acids is 1. The molecule has 0 aromatic heterocycles. The van der Waals surface area contributed by atoms with Gasteiger partial charge in [-0.25, -0.2) is 0 Å². The van der Waals surface area contributed by atoms with Gasteiger partial charge in [-0.2, -0.15) is 0 Å². The molecule has 1 rings (SSSR count). The van der Waals surface area contributed by atoms with E-state index in [4.69, 9.17) is 5.11 Å². The van der Waals surface area contributed by atoms with Crippen LogP contribution in [0.1, 0.15) is 40.0 Å². The van der Waals surface area contributed by atoms with Crippen molar-refractivity contribution >= 4 is 11.9 Å². The summed E-state index contributed by atoms with van der Waals surface area (Å²) in [5.74, 6) is -0.965. The van der Waals surface area contributed by atoms with Gasteiger partial charge in [0, 0.05) is 6.54 Å². The van der Waals surface area contributed by atoms with Gasteiger partial charge in [-0.15, -0.1) is 0 Å². The molecular formula is C13H23NO3. The minimum Gasteiger partial charge on any atom is -0.481 e. The molecule has 4 heteroatoms. The van der Waals surface area contributed by atoms with Crippen molar-refractivity contribution in [2.24, 2.45) is 23.7 Å². The van der Waals surface area contributed by atoms with Crippen LogP contribution in [0.25, 0.3) is 0 Å². The van der Waals surface area contributed by atoms with Gasteiger partial charge in [-0.1, -0.05) is 27.2 Å². The first-order valence-corrected chi connectivity index (χ1v) is 6.46. The average Bonchev–Trinajstić information content (AvgIpc) is 2.69. The van der Waals surface area contributed by atoms with E-state index in [1.807, 2.05) is 13.8 Å². The highest BCUT2D eigenvalue weighted by molar-refractivity contribution is 5.85. The number of rotatable bonds is 5. The van der Waals surface area contributed by atoms with E-state index in [2.05, 4.69) is 12.2 Å². The number of carbonyl (C=O) groups excluding carboxylic acids is 1. The summed E-state index contributed by atoms with van der Waals surface area (Å²) in [5.41, 5.74) is 0. The van der Waals surface area contributed by atoms with Gasteiger partial charge < -0.3 is 10.4 Å². The van der Waals surface area contributed by atoms with Gasteiger partial charge in [0.2, 0.25) is 5.91 Å². The molecule has 0 bridgehead atoms. The van der Waals surface area contributed by atoms with Crippen molar-refractivity contribution in [3.05, 3.63) is 0 Å². The van der Waals surface area contributed by atoms with E-state index in [1.54, 1.807) is 0 Å². The molecule has 1 aliphatic carbocycles. The largest absolute Gasteiger partial charge is 0.481 e. The highest BCUT2D eigenvalue weighted by atomic mass is 16.4. The second-order valence-corrected chi connectivity index (χ2v) is 5.44. The van der Waals surface area contributed by atoms with Gasteiger partial charge in [0.25, 0.3) is 0 Å². The van der Waals surface area contributed by atoms with Crippen molar-refractivity contribution in [3.8, 4) is 0 Å². The molecular weight excluding hydrogens is 218 g/mol. The number of hydrogen-bond acceptors (Lipinski definition) is 2. The third-order valence-electron chi connectivity index (χ3n) is 3.58. The third-order valence-corrected chi connectivity index (χ3v) is 3.58. The van der Waals surface area contributed by atoms with Crippen LogP contribution in [0.3, 0.4) is 0 Å². The maximum absolute atomic E-state index is 12.0. The molecule has 1 aliphatic rings. The molecule has 2 N–H and O–H groups in total. The fraction of sp³-hybridized carbons (Fsp3) is 0.846. The number of aliphatic carboxylic acids is 1. The Morgan fingerprint density at radius 2 is 1.88 bits per heavy atom. The van der Waals surface area contributed by atoms with Crippen molar-refractivity contribution in [3.63, 3.8) is 0 Å². The lowest BCUT2D eigenvalue weighted by Crippen LogP contribution is -2.37. The number of amides is 1. The molecule has 1 amide bonds. The van der Waals surface area contributed by atoms with Gasteiger partial charge >= 0.3 is 5.97 Å². The Kier molecular flexibility index (Phi) is 4.97. The minimum absolute atomic E-state index is 0.0814. The van der Waals surface area contributed by atoms with Crippen LogP contribution in [0.2, 0.25) is 0 Å². The van der Waals surface area contributed by atoms with E-state index in [0.29, 0.717) is 24.8 Å². The molecule has 0 aliphatic heterocycles. The van der Waals surface area contributed by atoms with Crippen molar-refractivity contribution < 1.29 is 14.7 Å². The number of carboxylic acid groups (broad SMARTS) is 1. The summed E-state index contributed by atoms with van der Waals surface area (Å²) in [6.07, 6.45) is 2.32. The Bertz CT molecular complexity index is 288. The predicted molar refractivity (Wildman–Crippen MR) is 65.5 cm³/mol. The maximum Gasteiger partial charge on any atom is 0.307 e. The van der Waals surface area contributed by atoms with Crippen LogP contribution in [0.5, 0.6) is 0 Å². The molecule has 98 valence electrons. The summed E-state index contributed by atoms with van der Waals surface area (Å²) in [7, 11) is 0. The molecule has 1 fully saturated rings. The quantitative estimate of drug-likeness (QED) is 0.772. The Hall–Kier alpha value is -1.06. The zero-order valence-electron chi connectivity index (χ0n) is 10.9. The zero-order valence-corrected chi connectivity index (χ0v) is 10.9. The lowest BCUT2D eigenvalue weighted by atomic mass is 9.95. The van der Waals surface area contributed by atoms with Crippen LogP contribution in [-0.4, -0.2) is 23.5 Å². The molecule has 17 heavy (non-hydrogen) atoms. The van der Waals surface area contributed by atoms with E-state index in [1.165, 1.54) is 0 Å². The molecule has 0 aromatic carbocycles. The van der Waals surface area contributed by atoms with E-state index >= 15 is 0 Å². The Morgan fingerprint density at radius 1 is 1.29 bits per heavy atom.